The maximum Gasteiger partial charge on any atom is 0.340 e. The van der Waals surface area contributed by atoms with Gasteiger partial charge in [-0.05, 0) is 31.2 Å². The molecule has 1 amide bonds. The summed E-state index contributed by atoms with van der Waals surface area (Å²) in [6.07, 6.45) is 0.00459. The van der Waals surface area contributed by atoms with Crippen LogP contribution in [0.25, 0.3) is 11.3 Å². The number of hydrogen-bond donors (Lipinski definition) is 1. The van der Waals surface area contributed by atoms with Crippen molar-refractivity contribution in [3.05, 3.63) is 65.9 Å². The second-order valence-electron chi connectivity index (χ2n) is 5.91. The summed E-state index contributed by atoms with van der Waals surface area (Å²) in [5.41, 5.74) is 1.97. The van der Waals surface area contributed by atoms with Gasteiger partial charge in [-0.25, -0.2) is 4.79 Å². The molecule has 0 atom stereocenters. The molecule has 0 radical (unpaired) electrons. The smallest absolute Gasteiger partial charge is 0.340 e. The monoisotopic (exact) mass is 380 g/mol. The lowest BCUT2D eigenvalue weighted by molar-refractivity contribution is -0.115. The molecule has 0 bridgehead atoms. The van der Waals surface area contributed by atoms with Crippen molar-refractivity contribution in [2.45, 2.75) is 13.3 Å². The molecule has 0 aliphatic rings. The maximum atomic E-state index is 12.4. The van der Waals surface area contributed by atoms with Crippen molar-refractivity contribution < 1.29 is 23.6 Å². The number of methoxy groups -OCH3 is 1. The van der Waals surface area contributed by atoms with Gasteiger partial charge in [-0.2, -0.15) is 0 Å². The normalized spacial score (nSPS) is 10.4. The second kappa shape index (κ2) is 8.85. The van der Waals surface area contributed by atoms with Crippen molar-refractivity contribution in [1.29, 1.82) is 0 Å². The van der Waals surface area contributed by atoms with E-state index in [1.807, 2.05) is 24.3 Å². The van der Waals surface area contributed by atoms with Gasteiger partial charge in [-0.15, -0.1) is 0 Å². The van der Waals surface area contributed by atoms with Crippen molar-refractivity contribution >= 4 is 17.6 Å². The van der Waals surface area contributed by atoms with E-state index in [0.29, 0.717) is 28.5 Å². The van der Waals surface area contributed by atoms with Gasteiger partial charge in [-0.1, -0.05) is 29.4 Å². The molecule has 3 aromatic rings. The minimum Gasteiger partial charge on any atom is -0.497 e. The standard InChI is InChI=1S/C21H20N2O5/c1-3-27-21(25)17-9-4-5-10-18(17)22-20(24)13-15-12-19(28-23-15)14-7-6-8-16(11-14)26-2/h4-12H,3,13H2,1-2H3,(H,22,24). The van der Waals surface area contributed by atoms with E-state index in [4.69, 9.17) is 14.0 Å². The Morgan fingerprint density at radius 2 is 1.93 bits per heavy atom. The molecule has 0 saturated heterocycles. The number of carbonyl (C=O) groups is 2. The Labute approximate surface area is 162 Å². The molecule has 1 aromatic heterocycles. The second-order valence-corrected chi connectivity index (χ2v) is 5.91. The number of hydrogen-bond acceptors (Lipinski definition) is 6. The number of para-hydroxylation sites is 1. The van der Waals surface area contributed by atoms with Gasteiger partial charge in [-0.3, -0.25) is 4.79 Å². The van der Waals surface area contributed by atoms with Crippen LogP contribution in [0.1, 0.15) is 23.0 Å². The van der Waals surface area contributed by atoms with Crippen molar-refractivity contribution in [3.8, 4) is 17.1 Å². The zero-order valence-corrected chi connectivity index (χ0v) is 15.6. The molecule has 1 N–H and O–H groups in total. The Balaban J connectivity index is 1.70. The summed E-state index contributed by atoms with van der Waals surface area (Å²) in [6.45, 7) is 1.98. The van der Waals surface area contributed by atoms with Crippen LogP contribution in [-0.4, -0.2) is 30.7 Å². The molecule has 0 spiro atoms. The van der Waals surface area contributed by atoms with Gasteiger partial charge < -0.3 is 19.3 Å². The van der Waals surface area contributed by atoms with Crippen molar-refractivity contribution in [1.82, 2.24) is 5.16 Å². The molecule has 3 rings (SSSR count). The minimum atomic E-state index is -0.486. The lowest BCUT2D eigenvalue weighted by Gasteiger charge is -2.09. The quantitative estimate of drug-likeness (QED) is 0.629. The first-order chi connectivity index (χ1) is 13.6. The molecule has 144 valence electrons. The third-order valence-electron chi connectivity index (χ3n) is 3.95. The van der Waals surface area contributed by atoms with E-state index in [1.165, 1.54) is 0 Å². The van der Waals surface area contributed by atoms with Crippen molar-refractivity contribution in [2.75, 3.05) is 19.0 Å². The summed E-state index contributed by atoms with van der Waals surface area (Å²) in [5, 5.41) is 6.67. The first kappa shape index (κ1) is 19.2. The minimum absolute atomic E-state index is 0.00459. The number of amides is 1. The summed E-state index contributed by atoms with van der Waals surface area (Å²) in [5.74, 6) is 0.430. The van der Waals surface area contributed by atoms with Crippen LogP contribution in [0.2, 0.25) is 0 Å². The van der Waals surface area contributed by atoms with Crippen LogP contribution < -0.4 is 10.1 Å². The van der Waals surface area contributed by atoms with E-state index in [-0.39, 0.29) is 18.9 Å². The van der Waals surface area contributed by atoms with Crippen LogP contribution >= 0.6 is 0 Å². The SMILES string of the molecule is CCOC(=O)c1ccccc1NC(=O)Cc1cc(-c2cccc(OC)c2)on1. The highest BCUT2D eigenvalue weighted by Gasteiger charge is 2.16. The summed E-state index contributed by atoms with van der Waals surface area (Å²) >= 11 is 0. The first-order valence-corrected chi connectivity index (χ1v) is 8.76. The number of anilines is 1. The number of ether oxygens (including phenoxy) is 2. The van der Waals surface area contributed by atoms with Gasteiger partial charge in [0.1, 0.15) is 5.75 Å². The van der Waals surface area contributed by atoms with Gasteiger partial charge >= 0.3 is 5.97 Å². The number of benzene rings is 2. The molecule has 0 unspecified atom stereocenters. The van der Waals surface area contributed by atoms with E-state index < -0.39 is 5.97 Å². The van der Waals surface area contributed by atoms with Crippen molar-refractivity contribution in [3.63, 3.8) is 0 Å². The van der Waals surface area contributed by atoms with Crippen LogP contribution in [0.15, 0.2) is 59.1 Å². The molecule has 0 fully saturated rings. The zero-order chi connectivity index (χ0) is 19.9. The molecule has 7 nitrogen and oxygen atoms in total. The van der Waals surface area contributed by atoms with Gasteiger partial charge in [0, 0.05) is 11.6 Å². The van der Waals surface area contributed by atoms with Gasteiger partial charge in [0.25, 0.3) is 0 Å². The Bertz CT molecular complexity index is 980. The van der Waals surface area contributed by atoms with Crippen LogP contribution in [0.3, 0.4) is 0 Å². The van der Waals surface area contributed by atoms with Crippen LogP contribution in [0.5, 0.6) is 5.75 Å². The first-order valence-electron chi connectivity index (χ1n) is 8.76. The Kier molecular flexibility index (Phi) is 6.06. The molecule has 0 aliphatic carbocycles. The predicted molar refractivity (Wildman–Crippen MR) is 103 cm³/mol. The molecule has 0 saturated carbocycles. The fourth-order valence-electron chi connectivity index (χ4n) is 2.65. The molecule has 0 aliphatic heterocycles. The Morgan fingerprint density at radius 3 is 2.71 bits per heavy atom. The van der Waals surface area contributed by atoms with Crippen LogP contribution in [0.4, 0.5) is 5.69 Å². The number of esters is 1. The summed E-state index contributed by atoms with van der Waals surface area (Å²) in [4.78, 5) is 24.4. The fraction of sp³-hybridized carbons (Fsp3) is 0.190. The molecule has 28 heavy (non-hydrogen) atoms. The average molecular weight is 380 g/mol. The topological polar surface area (TPSA) is 90.7 Å². The highest BCUT2D eigenvalue weighted by atomic mass is 16.5. The number of nitrogens with one attached hydrogen (secondary N) is 1. The third kappa shape index (κ3) is 4.56. The Hall–Kier alpha value is -3.61. The zero-order valence-electron chi connectivity index (χ0n) is 15.6. The highest BCUT2D eigenvalue weighted by Crippen LogP contribution is 2.25. The van der Waals surface area contributed by atoms with E-state index in [1.54, 1.807) is 44.4 Å². The molecular weight excluding hydrogens is 360 g/mol. The van der Waals surface area contributed by atoms with Gasteiger partial charge in [0.15, 0.2) is 5.76 Å². The lowest BCUT2D eigenvalue weighted by Crippen LogP contribution is -2.17. The molecule has 1 heterocycles. The fourth-order valence-corrected chi connectivity index (χ4v) is 2.65. The third-order valence-corrected chi connectivity index (χ3v) is 3.95. The number of rotatable bonds is 7. The van der Waals surface area contributed by atoms with E-state index in [9.17, 15) is 9.59 Å². The molecular formula is C21H20N2O5. The molecule has 7 heteroatoms. The summed E-state index contributed by atoms with van der Waals surface area (Å²) in [7, 11) is 1.59. The lowest BCUT2D eigenvalue weighted by atomic mass is 10.1. The number of carbonyl (C=O) groups excluding carboxylic acids is 2. The van der Waals surface area contributed by atoms with Gasteiger partial charge in [0.05, 0.1) is 37.1 Å². The van der Waals surface area contributed by atoms with E-state index in [0.717, 1.165) is 5.56 Å². The Morgan fingerprint density at radius 1 is 1.11 bits per heavy atom. The van der Waals surface area contributed by atoms with Gasteiger partial charge in [0.2, 0.25) is 5.91 Å². The predicted octanol–water partition coefficient (Wildman–Crippen LogP) is 3.71. The average Bonchev–Trinajstić information content (AvgIpc) is 3.17. The summed E-state index contributed by atoms with van der Waals surface area (Å²) < 4.78 is 15.5. The highest BCUT2D eigenvalue weighted by molar-refractivity contribution is 6.01. The largest absolute Gasteiger partial charge is 0.497 e. The van der Waals surface area contributed by atoms with E-state index >= 15 is 0 Å². The number of nitrogens with zero attached hydrogens (tertiary/aromatic N) is 1. The number of aromatic nitrogens is 1. The van der Waals surface area contributed by atoms with E-state index in [2.05, 4.69) is 10.5 Å². The van der Waals surface area contributed by atoms with Crippen LogP contribution in [-0.2, 0) is 16.0 Å². The van der Waals surface area contributed by atoms with Crippen LogP contribution in [0, 0.1) is 0 Å². The van der Waals surface area contributed by atoms with Crippen molar-refractivity contribution in [2.24, 2.45) is 0 Å². The molecule has 2 aromatic carbocycles. The summed E-state index contributed by atoms with van der Waals surface area (Å²) in [6, 6.07) is 15.7. The maximum absolute atomic E-state index is 12.4.